The minimum Gasteiger partial charge on any atom is -0.494 e. The average Bonchev–Trinajstić information content (AvgIpc) is 2.37. The smallest absolute Gasteiger partial charge is 0.119 e. The zero-order chi connectivity index (χ0) is 12.5. The fourth-order valence-electron chi connectivity index (χ4n) is 2.68. The van der Waals surface area contributed by atoms with Gasteiger partial charge in [-0.2, -0.15) is 0 Å². The third-order valence-corrected chi connectivity index (χ3v) is 3.67. The summed E-state index contributed by atoms with van der Waals surface area (Å²) < 4.78 is 5.56. The van der Waals surface area contributed by atoms with Crippen molar-refractivity contribution in [1.29, 1.82) is 0 Å². The molecule has 2 nitrogen and oxygen atoms in total. The normalized spacial score (nSPS) is 22.7. The second-order valence-corrected chi connectivity index (χ2v) is 5.77. The molecule has 1 aliphatic carbocycles. The maximum Gasteiger partial charge on any atom is 0.119 e. The van der Waals surface area contributed by atoms with E-state index in [0.29, 0.717) is 12.0 Å². The Bertz CT molecular complexity index is 398. The van der Waals surface area contributed by atoms with Crippen LogP contribution in [0.15, 0.2) is 18.2 Å². The molecule has 0 heterocycles. The molecule has 2 N–H and O–H groups in total. The third-order valence-electron chi connectivity index (χ3n) is 3.67. The molecule has 1 atom stereocenters. The van der Waals surface area contributed by atoms with Crippen LogP contribution in [0.4, 0.5) is 0 Å². The van der Waals surface area contributed by atoms with E-state index >= 15 is 0 Å². The largest absolute Gasteiger partial charge is 0.494 e. The van der Waals surface area contributed by atoms with Crippen molar-refractivity contribution < 1.29 is 4.74 Å². The fourth-order valence-corrected chi connectivity index (χ4v) is 2.68. The van der Waals surface area contributed by atoms with Gasteiger partial charge in [-0.15, -0.1) is 0 Å². The Balaban J connectivity index is 2.32. The predicted octanol–water partition coefficient (Wildman–Crippen LogP) is 3.45. The van der Waals surface area contributed by atoms with Crippen LogP contribution in [0.5, 0.6) is 5.75 Å². The van der Waals surface area contributed by atoms with Crippen molar-refractivity contribution in [3.8, 4) is 5.75 Å². The van der Waals surface area contributed by atoms with Gasteiger partial charge in [0.25, 0.3) is 0 Å². The van der Waals surface area contributed by atoms with Crippen LogP contribution >= 0.6 is 0 Å². The summed E-state index contributed by atoms with van der Waals surface area (Å²) in [4.78, 5) is 0. The summed E-state index contributed by atoms with van der Waals surface area (Å²) >= 11 is 0. The quantitative estimate of drug-likeness (QED) is 0.794. The minimum atomic E-state index is 0.142. The summed E-state index contributed by atoms with van der Waals surface area (Å²) in [6, 6.07) is 6.52. The van der Waals surface area contributed by atoms with Crippen LogP contribution in [0.2, 0.25) is 0 Å². The average molecular weight is 233 g/mol. The van der Waals surface area contributed by atoms with Gasteiger partial charge in [0.1, 0.15) is 5.75 Å². The van der Waals surface area contributed by atoms with Crippen molar-refractivity contribution in [2.24, 2.45) is 11.1 Å². The van der Waals surface area contributed by atoms with Gasteiger partial charge in [0.05, 0.1) is 6.61 Å². The maximum atomic E-state index is 6.33. The van der Waals surface area contributed by atoms with E-state index in [0.717, 1.165) is 18.6 Å². The lowest BCUT2D eigenvalue weighted by Gasteiger charge is -2.24. The van der Waals surface area contributed by atoms with Crippen LogP contribution in [0, 0.1) is 5.41 Å². The molecule has 0 radical (unpaired) electrons. The van der Waals surface area contributed by atoms with Gasteiger partial charge in [0, 0.05) is 6.04 Å². The molecule has 0 saturated heterocycles. The second kappa shape index (κ2) is 4.69. The molecule has 0 aliphatic heterocycles. The van der Waals surface area contributed by atoms with Gasteiger partial charge < -0.3 is 10.5 Å². The van der Waals surface area contributed by atoms with Crippen LogP contribution < -0.4 is 10.5 Å². The molecule has 1 unspecified atom stereocenters. The Hall–Kier alpha value is -1.02. The zero-order valence-corrected chi connectivity index (χ0v) is 11.1. The molecule has 2 rings (SSSR count). The first-order valence-corrected chi connectivity index (χ1v) is 6.53. The van der Waals surface area contributed by atoms with Crippen LogP contribution in [0.3, 0.4) is 0 Å². The lowest BCUT2D eigenvalue weighted by Crippen LogP contribution is -2.19. The van der Waals surface area contributed by atoms with Crippen LogP contribution in [0.25, 0.3) is 0 Å². The zero-order valence-electron chi connectivity index (χ0n) is 11.1. The fraction of sp³-hybridized carbons (Fsp3) is 0.600. The van der Waals surface area contributed by atoms with E-state index in [4.69, 9.17) is 10.5 Å². The summed E-state index contributed by atoms with van der Waals surface area (Å²) in [5.74, 6) is 0.946. The minimum absolute atomic E-state index is 0.142. The lowest BCUT2D eigenvalue weighted by atomic mass is 9.83. The molecule has 0 amide bonds. The first-order valence-electron chi connectivity index (χ1n) is 6.53. The number of fused-ring (bicyclic) bond motifs is 1. The van der Waals surface area contributed by atoms with Gasteiger partial charge in [-0.3, -0.25) is 0 Å². The molecule has 0 bridgehead atoms. The molecule has 17 heavy (non-hydrogen) atoms. The summed E-state index contributed by atoms with van der Waals surface area (Å²) in [6.45, 7) is 7.33. The number of ether oxygens (including phenoxy) is 1. The Morgan fingerprint density at radius 3 is 2.88 bits per heavy atom. The summed E-state index contributed by atoms with van der Waals surface area (Å²) in [7, 11) is 0. The highest BCUT2D eigenvalue weighted by molar-refractivity contribution is 5.38. The molecule has 1 aromatic carbocycles. The molecule has 1 aromatic rings. The van der Waals surface area contributed by atoms with E-state index in [1.54, 1.807) is 0 Å². The molecular weight excluding hydrogens is 210 g/mol. The van der Waals surface area contributed by atoms with E-state index < -0.39 is 0 Å². The molecule has 0 fully saturated rings. The Morgan fingerprint density at radius 1 is 1.41 bits per heavy atom. The topological polar surface area (TPSA) is 35.2 Å². The molecule has 2 heteroatoms. The first-order chi connectivity index (χ1) is 8.02. The van der Waals surface area contributed by atoms with Crippen molar-refractivity contribution in [3.63, 3.8) is 0 Å². The number of nitrogens with two attached hydrogens (primary N) is 1. The van der Waals surface area contributed by atoms with Crippen molar-refractivity contribution >= 4 is 0 Å². The first kappa shape index (κ1) is 12.4. The maximum absolute atomic E-state index is 6.33. The van der Waals surface area contributed by atoms with Gasteiger partial charge in [0.15, 0.2) is 0 Å². The third kappa shape index (κ3) is 2.81. The number of aryl methyl sites for hydroxylation is 1. The lowest BCUT2D eigenvalue weighted by molar-refractivity contribution is 0.293. The Morgan fingerprint density at radius 2 is 2.18 bits per heavy atom. The highest BCUT2D eigenvalue weighted by Gasteiger charge is 2.27. The van der Waals surface area contributed by atoms with Crippen LogP contribution in [-0.4, -0.2) is 6.61 Å². The molecule has 0 saturated carbocycles. The van der Waals surface area contributed by atoms with E-state index in [9.17, 15) is 0 Å². The molecule has 94 valence electrons. The van der Waals surface area contributed by atoms with Crippen molar-refractivity contribution in [2.75, 3.05) is 6.61 Å². The molecule has 0 aromatic heterocycles. The summed E-state index contributed by atoms with van der Waals surface area (Å²) in [5.41, 5.74) is 9.34. The van der Waals surface area contributed by atoms with Crippen LogP contribution in [0.1, 0.15) is 50.8 Å². The predicted molar refractivity (Wildman–Crippen MR) is 71.3 cm³/mol. The van der Waals surface area contributed by atoms with Gasteiger partial charge >= 0.3 is 0 Å². The van der Waals surface area contributed by atoms with E-state index in [2.05, 4.69) is 32.0 Å². The summed E-state index contributed by atoms with van der Waals surface area (Å²) in [6.07, 6.45) is 3.39. The van der Waals surface area contributed by atoms with Gasteiger partial charge in [-0.05, 0) is 54.9 Å². The van der Waals surface area contributed by atoms with Crippen molar-refractivity contribution in [3.05, 3.63) is 29.3 Å². The highest BCUT2D eigenvalue weighted by Crippen LogP contribution is 2.39. The number of rotatable bonds is 2. The Labute approximate surface area is 104 Å². The van der Waals surface area contributed by atoms with Gasteiger partial charge in [-0.1, -0.05) is 19.9 Å². The highest BCUT2D eigenvalue weighted by atomic mass is 16.5. The molecule has 1 aliphatic rings. The number of hydrogen-bond acceptors (Lipinski definition) is 2. The monoisotopic (exact) mass is 233 g/mol. The van der Waals surface area contributed by atoms with Crippen LogP contribution in [-0.2, 0) is 6.42 Å². The van der Waals surface area contributed by atoms with Gasteiger partial charge in [-0.25, -0.2) is 0 Å². The second-order valence-electron chi connectivity index (χ2n) is 5.77. The van der Waals surface area contributed by atoms with Crippen molar-refractivity contribution in [1.82, 2.24) is 0 Å². The standard InChI is InChI=1S/C15H23NO/c1-4-17-12-6-5-11-7-8-15(2,3)10-14(16)13(11)9-12/h5-6,9,14H,4,7-8,10,16H2,1-3H3. The van der Waals surface area contributed by atoms with E-state index in [1.807, 2.05) is 6.92 Å². The summed E-state index contributed by atoms with van der Waals surface area (Å²) in [5, 5.41) is 0. The number of benzene rings is 1. The molecular formula is C15H23NO. The van der Waals surface area contributed by atoms with E-state index in [1.165, 1.54) is 17.5 Å². The van der Waals surface area contributed by atoms with Gasteiger partial charge in [0.2, 0.25) is 0 Å². The Kier molecular flexibility index (Phi) is 3.43. The molecule has 0 spiro atoms. The van der Waals surface area contributed by atoms with E-state index in [-0.39, 0.29) is 6.04 Å². The number of hydrogen-bond donors (Lipinski definition) is 1. The van der Waals surface area contributed by atoms with Crippen molar-refractivity contribution in [2.45, 2.75) is 46.1 Å². The SMILES string of the molecule is CCOc1ccc2c(c1)C(N)CC(C)(C)CC2.